The monoisotopic (exact) mass is 392 g/mol. The first-order valence-electron chi connectivity index (χ1n) is 8.82. The molecule has 2 aromatic rings. The number of benzene rings is 2. The van der Waals surface area contributed by atoms with Gasteiger partial charge in [0, 0.05) is 0 Å². The van der Waals surface area contributed by atoms with Crippen molar-refractivity contribution < 1.29 is 28.1 Å². The predicted molar refractivity (Wildman–Crippen MR) is 101 cm³/mol. The lowest BCUT2D eigenvalue weighted by atomic mass is 10.0. The van der Waals surface area contributed by atoms with Crippen molar-refractivity contribution in [3.8, 4) is 0 Å². The van der Waals surface area contributed by atoms with Crippen LogP contribution in [0.3, 0.4) is 0 Å². The maximum absolute atomic E-state index is 12.1. The quantitative estimate of drug-likeness (QED) is 0.770. The van der Waals surface area contributed by atoms with Crippen LogP contribution in [0.1, 0.15) is 11.1 Å². The van der Waals surface area contributed by atoms with Crippen LogP contribution < -0.4 is 0 Å². The molecule has 6 nitrogen and oxygen atoms in total. The van der Waals surface area contributed by atoms with E-state index in [1.807, 2.05) is 60.7 Å². The van der Waals surface area contributed by atoms with Crippen LogP contribution in [0, 0.1) is 0 Å². The highest BCUT2D eigenvalue weighted by atomic mass is 32.2. The summed E-state index contributed by atoms with van der Waals surface area (Å²) in [4.78, 5) is 0. The summed E-state index contributed by atoms with van der Waals surface area (Å²) < 4.78 is 35.9. The fraction of sp³-hybridized carbons (Fsp3) is 0.400. The summed E-state index contributed by atoms with van der Waals surface area (Å²) in [5.74, 6) is -0.927. The van der Waals surface area contributed by atoms with E-state index < -0.39 is 45.8 Å². The smallest absolute Gasteiger partial charge is 0.155 e. The van der Waals surface area contributed by atoms with Gasteiger partial charge in [0.15, 0.2) is 9.84 Å². The molecule has 3 rings (SSSR count). The maximum atomic E-state index is 12.1. The second-order valence-corrected chi connectivity index (χ2v) is 8.89. The Kier molecular flexibility index (Phi) is 6.62. The minimum Gasteiger partial charge on any atom is -0.389 e. The Morgan fingerprint density at radius 1 is 0.741 bits per heavy atom. The van der Waals surface area contributed by atoms with Gasteiger partial charge in [-0.15, -0.1) is 0 Å². The first-order valence-corrected chi connectivity index (χ1v) is 10.6. The van der Waals surface area contributed by atoms with Crippen molar-refractivity contribution >= 4 is 9.84 Å². The van der Waals surface area contributed by atoms with Crippen LogP contribution in [0.4, 0.5) is 0 Å². The summed E-state index contributed by atoms with van der Waals surface area (Å²) in [7, 11) is -3.61. The Morgan fingerprint density at radius 3 is 1.48 bits per heavy atom. The van der Waals surface area contributed by atoms with E-state index in [-0.39, 0.29) is 13.2 Å². The zero-order valence-electron chi connectivity index (χ0n) is 14.8. The molecule has 0 spiro atoms. The summed E-state index contributed by atoms with van der Waals surface area (Å²) in [6, 6.07) is 18.7. The summed E-state index contributed by atoms with van der Waals surface area (Å²) in [6.07, 6.45) is -4.48. The fourth-order valence-corrected chi connectivity index (χ4v) is 4.72. The molecule has 1 aliphatic heterocycles. The lowest BCUT2D eigenvalue weighted by Crippen LogP contribution is -2.47. The van der Waals surface area contributed by atoms with Crippen molar-refractivity contribution in [1.29, 1.82) is 0 Å². The van der Waals surface area contributed by atoms with Gasteiger partial charge in [-0.05, 0) is 11.1 Å². The summed E-state index contributed by atoms with van der Waals surface area (Å²) in [6.45, 7) is 0.362. The number of aliphatic hydroxyl groups is 2. The van der Waals surface area contributed by atoms with Gasteiger partial charge in [-0.1, -0.05) is 60.7 Å². The number of ether oxygens (including phenoxy) is 2. The van der Waals surface area contributed by atoms with Crippen molar-refractivity contribution in [2.75, 3.05) is 11.5 Å². The Balaban J connectivity index is 1.77. The molecular formula is C20H24O6S. The van der Waals surface area contributed by atoms with E-state index in [1.54, 1.807) is 0 Å². The van der Waals surface area contributed by atoms with Crippen LogP contribution in [0.2, 0.25) is 0 Å². The minimum atomic E-state index is -3.61. The number of hydrogen-bond donors (Lipinski definition) is 2. The van der Waals surface area contributed by atoms with E-state index >= 15 is 0 Å². The van der Waals surface area contributed by atoms with Gasteiger partial charge >= 0.3 is 0 Å². The third kappa shape index (κ3) is 5.60. The van der Waals surface area contributed by atoms with Gasteiger partial charge in [-0.3, -0.25) is 0 Å². The number of sulfone groups is 1. The maximum Gasteiger partial charge on any atom is 0.155 e. The summed E-state index contributed by atoms with van der Waals surface area (Å²) in [5, 5.41) is 20.9. The summed E-state index contributed by atoms with van der Waals surface area (Å²) in [5.41, 5.74) is 1.77. The van der Waals surface area contributed by atoms with Crippen LogP contribution in [-0.2, 0) is 32.5 Å². The SMILES string of the molecule is O=S1(=O)C[C@H](O)[C@@H](OCc2ccccc2)[C@H](OCc2ccccc2)[C@@H](O)C1. The molecule has 1 heterocycles. The first-order chi connectivity index (χ1) is 12.9. The second kappa shape index (κ2) is 8.95. The number of rotatable bonds is 6. The molecule has 0 saturated carbocycles. The number of aliphatic hydroxyl groups excluding tert-OH is 2. The molecule has 4 atom stereocenters. The highest BCUT2D eigenvalue weighted by Crippen LogP contribution is 2.23. The molecule has 1 fully saturated rings. The Labute approximate surface area is 159 Å². The molecule has 0 aliphatic carbocycles. The van der Waals surface area contributed by atoms with E-state index in [2.05, 4.69) is 0 Å². The Bertz CT molecular complexity index is 745. The van der Waals surface area contributed by atoms with Gasteiger partial charge in [0.05, 0.1) is 36.9 Å². The summed E-state index contributed by atoms with van der Waals surface area (Å²) >= 11 is 0. The van der Waals surface area contributed by atoms with Crippen molar-refractivity contribution in [3.05, 3.63) is 71.8 Å². The Morgan fingerprint density at radius 2 is 1.11 bits per heavy atom. The largest absolute Gasteiger partial charge is 0.389 e. The van der Waals surface area contributed by atoms with Gasteiger partial charge in [0.1, 0.15) is 12.2 Å². The van der Waals surface area contributed by atoms with E-state index in [4.69, 9.17) is 9.47 Å². The molecular weight excluding hydrogens is 368 g/mol. The average Bonchev–Trinajstić information content (AvgIpc) is 2.72. The molecule has 146 valence electrons. The van der Waals surface area contributed by atoms with Gasteiger partial charge in [0.25, 0.3) is 0 Å². The first kappa shape index (κ1) is 20.0. The van der Waals surface area contributed by atoms with Crippen molar-refractivity contribution in [2.45, 2.75) is 37.6 Å². The molecule has 0 bridgehead atoms. The lowest BCUT2D eigenvalue weighted by Gasteiger charge is -2.30. The van der Waals surface area contributed by atoms with E-state index in [9.17, 15) is 18.6 Å². The third-order valence-corrected chi connectivity index (χ3v) is 6.20. The average molecular weight is 392 g/mol. The highest BCUT2D eigenvalue weighted by molar-refractivity contribution is 7.91. The fourth-order valence-electron chi connectivity index (χ4n) is 3.16. The predicted octanol–water partition coefficient (Wildman–Crippen LogP) is 1.31. The molecule has 1 saturated heterocycles. The molecule has 27 heavy (non-hydrogen) atoms. The van der Waals surface area contributed by atoms with Crippen molar-refractivity contribution in [3.63, 3.8) is 0 Å². The van der Waals surface area contributed by atoms with Crippen LogP contribution in [0.25, 0.3) is 0 Å². The van der Waals surface area contributed by atoms with Crippen LogP contribution in [0.15, 0.2) is 60.7 Å². The van der Waals surface area contributed by atoms with Crippen molar-refractivity contribution in [1.82, 2.24) is 0 Å². The third-order valence-electron chi connectivity index (χ3n) is 4.50. The highest BCUT2D eigenvalue weighted by Gasteiger charge is 2.42. The van der Waals surface area contributed by atoms with E-state index in [0.717, 1.165) is 11.1 Å². The second-order valence-electron chi connectivity index (χ2n) is 6.73. The van der Waals surface area contributed by atoms with Crippen LogP contribution in [-0.4, -0.2) is 54.6 Å². The van der Waals surface area contributed by atoms with Crippen LogP contribution >= 0.6 is 0 Å². The van der Waals surface area contributed by atoms with Gasteiger partial charge in [-0.25, -0.2) is 8.42 Å². The standard InChI is InChI=1S/C20H24O6S/c21-17-13-27(23,24)14-18(22)20(26-12-16-9-5-2-6-10-16)19(17)25-11-15-7-3-1-4-8-15/h1-10,17-22H,11-14H2/t17-,18-,19+,20+/m0/s1. The molecule has 2 aromatic carbocycles. The van der Waals surface area contributed by atoms with Crippen LogP contribution in [0.5, 0.6) is 0 Å². The lowest BCUT2D eigenvalue weighted by molar-refractivity contribution is -0.155. The van der Waals surface area contributed by atoms with Gasteiger partial charge < -0.3 is 19.7 Å². The number of hydrogen-bond acceptors (Lipinski definition) is 6. The zero-order valence-corrected chi connectivity index (χ0v) is 15.7. The molecule has 2 N–H and O–H groups in total. The molecule has 1 aliphatic rings. The van der Waals surface area contributed by atoms with Crippen molar-refractivity contribution in [2.24, 2.45) is 0 Å². The van der Waals surface area contributed by atoms with E-state index in [0.29, 0.717) is 0 Å². The van der Waals surface area contributed by atoms with Gasteiger partial charge in [0.2, 0.25) is 0 Å². The molecule has 0 aromatic heterocycles. The Hall–Kier alpha value is -1.77. The van der Waals surface area contributed by atoms with Gasteiger partial charge in [-0.2, -0.15) is 0 Å². The minimum absolute atomic E-state index is 0.181. The molecule has 0 radical (unpaired) electrons. The molecule has 7 heteroatoms. The topological polar surface area (TPSA) is 93.1 Å². The molecule has 0 unspecified atom stereocenters. The normalized spacial score (nSPS) is 27.8. The zero-order chi connectivity index (χ0) is 19.3. The molecule has 0 amide bonds. The van der Waals surface area contributed by atoms with E-state index in [1.165, 1.54) is 0 Å².